The highest BCUT2D eigenvalue weighted by molar-refractivity contribution is 5.82. The minimum atomic E-state index is 0.0654. The van der Waals surface area contributed by atoms with Crippen molar-refractivity contribution >= 4 is 5.91 Å². The van der Waals surface area contributed by atoms with Gasteiger partial charge in [-0.05, 0) is 49.6 Å². The quantitative estimate of drug-likeness (QED) is 0.926. The molecule has 21 heavy (non-hydrogen) atoms. The first kappa shape index (κ1) is 14.6. The maximum absolute atomic E-state index is 12.5. The summed E-state index contributed by atoms with van der Waals surface area (Å²) in [4.78, 5) is 14.6. The highest BCUT2D eigenvalue weighted by Gasteiger charge is 2.34. The zero-order chi connectivity index (χ0) is 14.7. The van der Waals surface area contributed by atoms with Gasteiger partial charge in [-0.25, -0.2) is 0 Å². The molecule has 2 aliphatic rings. The van der Waals surface area contributed by atoms with E-state index in [1.54, 1.807) is 0 Å². The maximum Gasteiger partial charge on any atom is 0.239 e. The monoisotopic (exact) mass is 286 g/mol. The molecule has 0 aromatic heterocycles. The van der Waals surface area contributed by atoms with Gasteiger partial charge in [-0.1, -0.05) is 37.3 Å². The second kappa shape index (κ2) is 6.61. The van der Waals surface area contributed by atoms with Crippen LogP contribution in [0.15, 0.2) is 30.3 Å². The zero-order valence-corrected chi connectivity index (χ0v) is 12.9. The van der Waals surface area contributed by atoms with Crippen LogP contribution in [0.25, 0.3) is 0 Å². The van der Waals surface area contributed by atoms with Crippen LogP contribution in [0, 0.1) is 11.8 Å². The molecule has 1 aromatic carbocycles. The third kappa shape index (κ3) is 3.46. The summed E-state index contributed by atoms with van der Waals surface area (Å²) in [6.45, 7) is 5.04. The van der Waals surface area contributed by atoms with E-state index in [2.05, 4.69) is 47.5 Å². The van der Waals surface area contributed by atoms with Crippen LogP contribution in [0.5, 0.6) is 0 Å². The van der Waals surface area contributed by atoms with Crippen molar-refractivity contribution in [2.45, 2.75) is 38.6 Å². The Kier molecular flexibility index (Phi) is 4.59. The number of hydrogen-bond acceptors (Lipinski definition) is 2. The van der Waals surface area contributed by atoms with Crippen LogP contribution in [0.1, 0.15) is 31.7 Å². The number of carbonyl (C=O) groups is 1. The van der Waals surface area contributed by atoms with Gasteiger partial charge in [0.2, 0.25) is 5.91 Å². The van der Waals surface area contributed by atoms with Gasteiger partial charge >= 0.3 is 0 Å². The SMILES string of the molecule is CC1CCNC1C(=O)N1CCC(Cc2ccccc2)CC1. The van der Waals surface area contributed by atoms with Crippen molar-refractivity contribution in [1.82, 2.24) is 10.2 Å². The van der Waals surface area contributed by atoms with Crippen LogP contribution in [0.4, 0.5) is 0 Å². The fourth-order valence-corrected chi connectivity index (χ4v) is 3.67. The van der Waals surface area contributed by atoms with Crippen LogP contribution >= 0.6 is 0 Å². The Bertz CT molecular complexity index is 465. The van der Waals surface area contributed by atoms with E-state index >= 15 is 0 Å². The van der Waals surface area contributed by atoms with E-state index in [4.69, 9.17) is 0 Å². The third-order valence-electron chi connectivity index (χ3n) is 5.09. The van der Waals surface area contributed by atoms with Crippen LogP contribution in [-0.2, 0) is 11.2 Å². The molecule has 1 amide bonds. The molecule has 1 aromatic rings. The minimum Gasteiger partial charge on any atom is -0.341 e. The molecule has 3 nitrogen and oxygen atoms in total. The predicted octanol–water partition coefficient (Wildman–Crippen LogP) is 2.47. The van der Waals surface area contributed by atoms with Crippen LogP contribution in [-0.4, -0.2) is 36.5 Å². The number of nitrogens with zero attached hydrogens (tertiary/aromatic N) is 1. The Morgan fingerprint density at radius 2 is 1.90 bits per heavy atom. The van der Waals surface area contributed by atoms with Crippen molar-refractivity contribution in [2.24, 2.45) is 11.8 Å². The van der Waals surface area contributed by atoms with E-state index in [1.165, 1.54) is 5.56 Å². The lowest BCUT2D eigenvalue weighted by atomic mass is 9.89. The van der Waals surface area contributed by atoms with Crippen molar-refractivity contribution in [3.8, 4) is 0 Å². The summed E-state index contributed by atoms with van der Waals surface area (Å²) in [6, 6.07) is 10.8. The third-order valence-corrected chi connectivity index (χ3v) is 5.09. The lowest BCUT2D eigenvalue weighted by molar-refractivity contribution is -0.135. The van der Waals surface area contributed by atoms with Crippen molar-refractivity contribution in [1.29, 1.82) is 0 Å². The van der Waals surface area contributed by atoms with E-state index in [-0.39, 0.29) is 6.04 Å². The molecule has 0 spiro atoms. The molecule has 2 heterocycles. The largest absolute Gasteiger partial charge is 0.341 e. The van der Waals surface area contributed by atoms with E-state index < -0.39 is 0 Å². The maximum atomic E-state index is 12.5. The van der Waals surface area contributed by atoms with E-state index in [1.807, 2.05) is 0 Å². The smallest absolute Gasteiger partial charge is 0.239 e. The van der Waals surface area contributed by atoms with Gasteiger partial charge in [-0.2, -0.15) is 0 Å². The lowest BCUT2D eigenvalue weighted by Crippen LogP contribution is -2.48. The summed E-state index contributed by atoms with van der Waals surface area (Å²) in [5.74, 6) is 1.54. The van der Waals surface area contributed by atoms with Crippen molar-refractivity contribution in [3.63, 3.8) is 0 Å². The first-order valence-corrected chi connectivity index (χ1v) is 8.30. The number of amides is 1. The predicted molar refractivity (Wildman–Crippen MR) is 85.0 cm³/mol. The van der Waals surface area contributed by atoms with Crippen LogP contribution < -0.4 is 5.32 Å². The van der Waals surface area contributed by atoms with E-state index in [0.717, 1.165) is 51.2 Å². The van der Waals surface area contributed by atoms with Gasteiger partial charge in [-0.3, -0.25) is 4.79 Å². The van der Waals surface area contributed by atoms with E-state index in [0.29, 0.717) is 11.8 Å². The lowest BCUT2D eigenvalue weighted by Gasteiger charge is -2.34. The summed E-state index contributed by atoms with van der Waals surface area (Å²) in [5.41, 5.74) is 1.42. The first-order chi connectivity index (χ1) is 10.2. The number of hydrogen-bond donors (Lipinski definition) is 1. The molecule has 2 aliphatic heterocycles. The number of nitrogens with one attached hydrogen (secondary N) is 1. The summed E-state index contributed by atoms with van der Waals surface area (Å²) in [7, 11) is 0. The topological polar surface area (TPSA) is 32.3 Å². The summed E-state index contributed by atoms with van der Waals surface area (Å²) >= 11 is 0. The van der Waals surface area contributed by atoms with E-state index in [9.17, 15) is 4.79 Å². The average Bonchev–Trinajstić information content (AvgIpc) is 2.94. The molecule has 0 bridgehead atoms. The molecule has 0 saturated carbocycles. The minimum absolute atomic E-state index is 0.0654. The Morgan fingerprint density at radius 1 is 1.19 bits per heavy atom. The molecule has 1 N–H and O–H groups in total. The highest BCUT2D eigenvalue weighted by Crippen LogP contribution is 2.24. The van der Waals surface area contributed by atoms with Crippen molar-refractivity contribution < 1.29 is 4.79 Å². The summed E-state index contributed by atoms with van der Waals surface area (Å²) in [6.07, 6.45) is 4.56. The highest BCUT2D eigenvalue weighted by atomic mass is 16.2. The molecule has 3 heteroatoms. The Balaban J connectivity index is 1.50. The molecule has 2 fully saturated rings. The number of carbonyl (C=O) groups excluding carboxylic acids is 1. The molecule has 114 valence electrons. The standard InChI is InChI=1S/C18H26N2O/c1-14-7-10-19-17(14)18(21)20-11-8-16(9-12-20)13-15-5-3-2-4-6-15/h2-6,14,16-17,19H,7-13H2,1H3. The van der Waals surface area contributed by atoms with Crippen LogP contribution in [0.3, 0.4) is 0 Å². The van der Waals surface area contributed by atoms with Gasteiger partial charge in [0.05, 0.1) is 6.04 Å². The second-order valence-electron chi connectivity index (χ2n) is 6.66. The molecule has 2 unspecified atom stereocenters. The Hall–Kier alpha value is -1.35. The normalized spacial score (nSPS) is 27.0. The second-order valence-corrected chi connectivity index (χ2v) is 6.66. The van der Waals surface area contributed by atoms with Crippen molar-refractivity contribution in [2.75, 3.05) is 19.6 Å². The molecular weight excluding hydrogens is 260 g/mol. The van der Waals surface area contributed by atoms with Gasteiger partial charge in [-0.15, -0.1) is 0 Å². The molecular formula is C18H26N2O. The number of rotatable bonds is 3. The molecule has 0 radical (unpaired) electrons. The first-order valence-electron chi connectivity index (χ1n) is 8.30. The number of benzene rings is 1. The van der Waals surface area contributed by atoms with Gasteiger partial charge < -0.3 is 10.2 Å². The fourth-order valence-electron chi connectivity index (χ4n) is 3.67. The Morgan fingerprint density at radius 3 is 2.52 bits per heavy atom. The Labute approximate surface area is 127 Å². The molecule has 2 atom stereocenters. The number of piperidine rings is 1. The number of likely N-dealkylation sites (tertiary alicyclic amines) is 1. The summed E-state index contributed by atoms with van der Waals surface area (Å²) < 4.78 is 0. The van der Waals surface area contributed by atoms with Gasteiger partial charge in [0, 0.05) is 13.1 Å². The summed E-state index contributed by atoms with van der Waals surface area (Å²) in [5, 5.41) is 3.36. The molecule has 2 saturated heterocycles. The van der Waals surface area contributed by atoms with Gasteiger partial charge in [0.1, 0.15) is 0 Å². The van der Waals surface area contributed by atoms with Crippen LogP contribution in [0.2, 0.25) is 0 Å². The molecule has 3 rings (SSSR count). The molecule has 0 aliphatic carbocycles. The van der Waals surface area contributed by atoms with Gasteiger partial charge in [0.15, 0.2) is 0 Å². The fraction of sp³-hybridized carbons (Fsp3) is 0.611. The van der Waals surface area contributed by atoms with Crippen molar-refractivity contribution in [3.05, 3.63) is 35.9 Å². The average molecular weight is 286 g/mol. The zero-order valence-electron chi connectivity index (χ0n) is 12.9. The van der Waals surface area contributed by atoms with Gasteiger partial charge in [0.25, 0.3) is 0 Å².